The van der Waals surface area contributed by atoms with Crippen LogP contribution in [0.5, 0.6) is 17.2 Å². The van der Waals surface area contributed by atoms with E-state index >= 15 is 0 Å². The minimum Gasteiger partial charge on any atom is -0.507 e. The van der Waals surface area contributed by atoms with Crippen LogP contribution in [0, 0.1) is 0 Å². The van der Waals surface area contributed by atoms with Crippen LogP contribution < -0.4 is 10.9 Å². The molecule has 2 aromatic rings. The number of nitrogens with one attached hydrogen (secondary N) is 2. The van der Waals surface area contributed by atoms with Crippen LogP contribution in [0.4, 0.5) is 0 Å². The van der Waals surface area contributed by atoms with E-state index in [4.69, 9.17) is 0 Å². The lowest BCUT2D eigenvalue weighted by Crippen LogP contribution is -2.35. The maximum Gasteiger partial charge on any atom is 0.269 e. The van der Waals surface area contributed by atoms with E-state index in [1.807, 2.05) is 0 Å². The highest BCUT2D eigenvalue weighted by atomic mass is 16.3. The summed E-state index contributed by atoms with van der Waals surface area (Å²) in [4.78, 5) is 11.9. The lowest BCUT2D eigenvalue weighted by molar-refractivity contribution is 0.0942. The van der Waals surface area contributed by atoms with Gasteiger partial charge >= 0.3 is 0 Å². The number of rotatable bonds is 4. The molecule has 108 valence electrons. The molecule has 0 bridgehead atoms. The van der Waals surface area contributed by atoms with Crippen LogP contribution in [-0.2, 0) is 0 Å². The smallest absolute Gasteiger partial charge is 0.269 e. The molecule has 2 rings (SSSR count). The number of para-hydroxylation sites is 1. The van der Waals surface area contributed by atoms with Crippen molar-refractivity contribution in [1.82, 2.24) is 10.9 Å². The summed E-state index contributed by atoms with van der Waals surface area (Å²) >= 11 is 0. The van der Waals surface area contributed by atoms with E-state index in [0.29, 0.717) is 11.3 Å². The Bertz CT molecular complexity index is 698. The fourth-order valence-corrected chi connectivity index (χ4v) is 1.67. The highest BCUT2D eigenvalue weighted by Gasteiger charge is 2.10. The molecule has 0 saturated heterocycles. The van der Waals surface area contributed by atoms with Gasteiger partial charge in [-0.1, -0.05) is 18.7 Å². The molecule has 0 aliphatic rings. The average Bonchev–Trinajstić information content (AvgIpc) is 2.47. The molecule has 21 heavy (non-hydrogen) atoms. The summed E-state index contributed by atoms with van der Waals surface area (Å²) in [6, 6.07) is 10.2. The van der Waals surface area contributed by atoms with Crippen molar-refractivity contribution >= 4 is 11.6 Å². The Morgan fingerprint density at radius 2 is 1.62 bits per heavy atom. The number of hydrogen-bond acceptors (Lipinski definition) is 5. The monoisotopic (exact) mass is 286 g/mol. The van der Waals surface area contributed by atoms with Gasteiger partial charge in [0.2, 0.25) is 0 Å². The number of amides is 1. The van der Waals surface area contributed by atoms with Crippen LogP contribution in [0.25, 0.3) is 5.70 Å². The Hall–Kier alpha value is -3.15. The normalized spacial score (nSPS) is 9.90. The first-order valence-corrected chi connectivity index (χ1v) is 6.04. The number of hydrogen-bond donors (Lipinski definition) is 5. The molecule has 6 nitrogen and oxygen atoms in total. The van der Waals surface area contributed by atoms with Gasteiger partial charge in [-0.3, -0.25) is 15.6 Å². The largest absolute Gasteiger partial charge is 0.507 e. The fourth-order valence-electron chi connectivity index (χ4n) is 1.67. The van der Waals surface area contributed by atoms with Crippen LogP contribution >= 0.6 is 0 Å². The van der Waals surface area contributed by atoms with E-state index in [-0.39, 0.29) is 22.8 Å². The van der Waals surface area contributed by atoms with Crippen molar-refractivity contribution in [2.45, 2.75) is 0 Å². The maximum absolute atomic E-state index is 11.9. The second-order valence-corrected chi connectivity index (χ2v) is 4.28. The van der Waals surface area contributed by atoms with Crippen LogP contribution in [0.1, 0.15) is 15.9 Å². The lowest BCUT2D eigenvalue weighted by atomic mass is 10.1. The third kappa shape index (κ3) is 3.24. The Morgan fingerprint density at radius 3 is 2.29 bits per heavy atom. The van der Waals surface area contributed by atoms with Gasteiger partial charge in [0.15, 0.2) is 11.5 Å². The van der Waals surface area contributed by atoms with E-state index in [1.54, 1.807) is 18.2 Å². The second kappa shape index (κ2) is 5.87. The SMILES string of the molecule is C=C(NNC(=O)c1ccc(O)c(O)c1)c1ccccc1O. The van der Waals surface area contributed by atoms with Gasteiger partial charge in [-0.2, -0.15) is 0 Å². The first kappa shape index (κ1) is 14.3. The summed E-state index contributed by atoms with van der Waals surface area (Å²) in [7, 11) is 0. The first-order valence-electron chi connectivity index (χ1n) is 6.04. The summed E-state index contributed by atoms with van der Waals surface area (Å²) in [5.74, 6) is -1.19. The number of carbonyl (C=O) groups is 1. The minimum absolute atomic E-state index is 0.0338. The van der Waals surface area contributed by atoms with Crippen LogP contribution in [-0.4, -0.2) is 21.2 Å². The lowest BCUT2D eigenvalue weighted by Gasteiger charge is -2.12. The van der Waals surface area contributed by atoms with Crippen molar-refractivity contribution in [1.29, 1.82) is 0 Å². The standard InChI is InChI=1S/C15H14N2O4/c1-9(11-4-2-3-5-12(11)18)16-17-15(21)10-6-7-13(19)14(20)8-10/h2-8,16,18-20H,1H2,(H,17,21). The predicted octanol–water partition coefficient (Wildman–Crippen LogP) is 1.71. The highest BCUT2D eigenvalue weighted by molar-refractivity contribution is 5.95. The summed E-state index contributed by atoms with van der Waals surface area (Å²) < 4.78 is 0. The number of carbonyl (C=O) groups excluding carboxylic acids is 1. The molecule has 0 heterocycles. The van der Waals surface area contributed by atoms with E-state index in [2.05, 4.69) is 17.4 Å². The average molecular weight is 286 g/mol. The molecule has 0 atom stereocenters. The quantitative estimate of drug-likeness (QED) is 0.435. The summed E-state index contributed by atoms with van der Waals surface area (Å²) in [5, 5.41) is 28.2. The van der Waals surface area contributed by atoms with Gasteiger partial charge < -0.3 is 15.3 Å². The molecule has 0 saturated carbocycles. The van der Waals surface area contributed by atoms with E-state index in [0.717, 1.165) is 6.07 Å². The zero-order valence-corrected chi connectivity index (χ0v) is 11.0. The third-order valence-corrected chi connectivity index (χ3v) is 2.79. The molecule has 6 heteroatoms. The minimum atomic E-state index is -0.526. The molecule has 1 amide bonds. The molecular weight excluding hydrogens is 272 g/mol. The van der Waals surface area contributed by atoms with Crippen molar-refractivity contribution in [3.8, 4) is 17.2 Å². The molecule has 2 aromatic carbocycles. The van der Waals surface area contributed by atoms with E-state index < -0.39 is 5.91 Å². The Kier molecular flexibility index (Phi) is 3.99. The van der Waals surface area contributed by atoms with Gasteiger partial charge in [0.05, 0.1) is 5.70 Å². The third-order valence-electron chi connectivity index (χ3n) is 2.79. The Morgan fingerprint density at radius 1 is 0.905 bits per heavy atom. The summed E-state index contributed by atoms with van der Waals surface area (Å²) in [6.45, 7) is 3.71. The topological polar surface area (TPSA) is 102 Å². The molecule has 0 aliphatic carbocycles. The van der Waals surface area contributed by atoms with Crippen molar-refractivity contribution in [3.63, 3.8) is 0 Å². The summed E-state index contributed by atoms with van der Waals surface area (Å²) in [6.07, 6.45) is 0. The highest BCUT2D eigenvalue weighted by Crippen LogP contribution is 2.25. The maximum atomic E-state index is 11.9. The predicted molar refractivity (Wildman–Crippen MR) is 77.5 cm³/mol. The van der Waals surface area contributed by atoms with Gasteiger partial charge in [0.25, 0.3) is 5.91 Å². The van der Waals surface area contributed by atoms with Crippen LogP contribution in [0.2, 0.25) is 0 Å². The molecule has 0 spiro atoms. The molecular formula is C15H14N2O4. The Labute approximate surface area is 121 Å². The second-order valence-electron chi connectivity index (χ2n) is 4.28. The Balaban J connectivity index is 2.02. The van der Waals surface area contributed by atoms with Gasteiger partial charge in [-0.15, -0.1) is 0 Å². The molecule has 0 fully saturated rings. The van der Waals surface area contributed by atoms with Gasteiger partial charge in [-0.25, -0.2) is 0 Å². The summed E-state index contributed by atoms with van der Waals surface area (Å²) in [5.41, 5.74) is 5.87. The van der Waals surface area contributed by atoms with Crippen molar-refractivity contribution in [2.24, 2.45) is 0 Å². The zero-order valence-electron chi connectivity index (χ0n) is 11.0. The fraction of sp³-hybridized carbons (Fsp3) is 0. The zero-order chi connectivity index (χ0) is 15.4. The van der Waals surface area contributed by atoms with E-state index in [1.165, 1.54) is 18.2 Å². The number of benzene rings is 2. The van der Waals surface area contributed by atoms with Crippen LogP contribution in [0.15, 0.2) is 49.0 Å². The van der Waals surface area contributed by atoms with Crippen LogP contribution in [0.3, 0.4) is 0 Å². The molecule has 0 aliphatic heterocycles. The van der Waals surface area contributed by atoms with E-state index in [9.17, 15) is 20.1 Å². The molecule has 0 aromatic heterocycles. The van der Waals surface area contributed by atoms with Crippen molar-refractivity contribution in [3.05, 3.63) is 60.2 Å². The van der Waals surface area contributed by atoms with Gasteiger partial charge in [0, 0.05) is 11.1 Å². The molecule has 0 radical (unpaired) electrons. The molecule has 0 unspecified atom stereocenters. The number of aromatic hydroxyl groups is 3. The number of hydrazine groups is 1. The number of phenolic OH excluding ortho intramolecular Hbond substituents is 3. The first-order chi connectivity index (χ1) is 9.99. The van der Waals surface area contributed by atoms with Gasteiger partial charge in [-0.05, 0) is 30.3 Å². The van der Waals surface area contributed by atoms with Crippen molar-refractivity contribution < 1.29 is 20.1 Å². The van der Waals surface area contributed by atoms with Crippen molar-refractivity contribution in [2.75, 3.05) is 0 Å². The molecule has 5 N–H and O–H groups in total. The number of phenols is 3. The van der Waals surface area contributed by atoms with Gasteiger partial charge in [0.1, 0.15) is 5.75 Å².